The molecule has 1 aliphatic heterocycles. The van der Waals surface area contributed by atoms with E-state index < -0.39 is 6.04 Å². The first-order valence-electron chi connectivity index (χ1n) is 7.30. The van der Waals surface area contributed by atoms with Crippen LogP contribution in [-0.2, 0) is 4.79 Å². The van der Waals surface area contributed by atoms with Gasteiger partial charge in [0.05, 0.1) is 12.1 Å². The van der Waals surface area contributed by atoms with E-state index in [0.717, 1.165) is 19.6 Å². The molecule has 4 heteroatoms. The first kappa shape index (κ1) is 15.0. The van der Waals surface area contributed by atoms with E-state index in [2.05, 4.69) is 24.1 Å². The molecule has 0 spiro atoms. The minimum atomic E-state index is -0.412. The number of hydrogen-bond donors (Lipinski definition) is 1. The molecule has 2 atom stereocenters. The van der Waals surface area contributed by atoms with E-state index in [-0.39, 0.29) is 17.9 Å². The summed E-state index contributed by atoms with van der Waals surface area (Å²) < 4.78 is 0. The van der Waals surface area contributed by atoms with Crippen molar-refractivity contribution in [1.29, 1.82) is 0 Å². The van der Waals surface area contributed by atoms with Gasteiger partial charge in [0.15, 0.2) is 0 Å². The van der Waals surface area contributed by atoms with Crippen LogP contribution in [0.5, 0.6) is 0 Å². The number of amides is 1. The van der Waals surface area contributed by atoms with Gasteiger partial charge in [-0.05, 0) is 18.5 Å². The lowest BCUT2D eigenvalue weighted by Gasteiger charge is -2.41. The lowest BCUT2D eigenvalue weighted by Crippen LogP contribution is -2.54. The van der Waals surface area contributed by atoms with Crippen molar-refractivity contribution in [2.75, 3.05) is 26.7 Å². The molecule has 1 aliphatic rings. The van der Waals surface area contributed by atoms with Gasteiger partial charge in [0, 0.05) is 19.6 Å². The lowest BCUT2D eigenvalue weighted by atomic mass is 9.98. The molecule has 0 aliphatic carbocycles. The van der Waals surface area contributed by atoms with Crippen LogP contribution in [0.25, 0.3) is 0 Å². The molecule has 0 radical (unpaired) electrons. The van der Waals surface area contributed by atoms with Crippen LogP contribution in [0.4, 0.5) is 0 Å². The second-order valence-corrected chi connectivity index (χ2v) is 5.99. The summed E-state index contributed by atoms with van der Waals surface area (Å²) in [6, 6.07) is 9.92. The molecule has 4 nitrogen and oxygen atoms in total. The van der Waals surface area contributed by atoms with Crippen molar-refractivity contribution in [3.63, 3.8) is 0 Å². The van der Waals surface area contributed by atoms with Gasteiger partial charge in [-0.2, -0.15) is 0 Å². The molecule has 110 valence electrons. The van der Waals surface area contributed by atoms with E-state index in [9.17, 15) is 4.79 Å². The number of nitrogens with two attached hydrogens (primary N) is 1. The number of carbonyl (C=O) groups is 1. The molecule has 1 amide bonds. The summed E-state index contributed by atoms with van der Waals surface area (Å²) in [5.74, 6) is 0.237. The predicted molar refractivity (Wildman–Crippen MR) is 81.2 cm³/mol. The van der Waals surface area contributed by atoms with Gasteiger partial charge in [-0.3, -0.25) is 4.79 Å². The molecule has 1 unspecified atom stereocenters. The maximum Gasteiger partial charge on any atom is 0.240 e. The van der Waals surface area contributed by atoms with Crippen LogP contribution in [0.15, 0.2) is 30.3 Å². The van der Waals surface area contributed by atoms with Crippen LogP contribution < -0.4 is 5.73 Å². The molecule has 2 N–H and O–H groups in total. The molecule has 1 aromatic rings. The fourth-order valence-electron chi connectivity index (χ4n) is 2.62. The van der Waals surface area contributed by atoms with Gasteiger partial charge < -0.3 is 15.5 Å². The lowest BCUT2D eigenvalue weighted by molar-refractivity contribution is -0.138. The van der Waals surface area contributed by atoms with E-state index in [4.69, 9.17) is 5.73 Å². The van der Waals surface area contributed by atoms with Crippen LogP contribution in [0.1, 0.15) is 25.5 Å². The average molecular weight is 275 g/mol. The van der Waals surface area contributed by atoms with Gasteiger partial charge in [-0.15, -0.1) is 0 Å². The number of hydrogen-bond acceptors (Lipinski definition) is 3. The smallest absolute Gasteiger partial charge is 0.240 e. The molecule has 0 aromatic heterocycles. The second kappa shape index (κ2) is 6.37. The van der Waals surface area contributed by atoms with E-state index in [1.807, 2.05) is 36.9 Å². The topological polar surface area (TPSA) is 49.6 Å². The molecular formula is C16H25N3O. The largest absolute Gasteiger partial charge is 0.332 e. The Kier molecular flexibility index (Phi) is 4.78. The first-order chi connectivity index (χ1) is 9.50. The molecule has 1 heterocycles. The number of benzene rings is 1. The highest BCUT2D eigenvalue weighted by Gasteiger charge is 2.33. The van der Waals surface area contributed by atoms with Gasteiger partial charge in [0.1, 0.15) is 0 Å². The number of nitrogens with zero attached hydrogens (tertiary/aromatic N) is 2. The Morgan fingerprint density at radius 3 is 2.50 bits per heavy atom. The fraction of sp³-hybridized carbons (Fsp3) is 0.562. The molecule has 2 rings (SSSR count). The predicted octanol–water partition coefficient (Wildman–Crippen LogP) is 1.49. The van der Waals surface area contributed by atoms with Crippen LogP contribution in [0, 0.1) is 5.92 Å². The van der Waals surface area contributed by atoms with Crippen molar-refractivity contribution in [2.45, 2.75) is 25.9 Å². The van der Waals surface area contributed by atoms with Gasteiger partial charge >= 0.3 is 0 Å². The fourth-order valence-corrected chi connectivity index (χ4v) is 2.62. The highest BCUT2D eigenvalue weighted by molar-refractivity contribution is 5.82. The highest BCUT2D eigenvalue weighted by Crippen LogP contribution is 2.25. The molecule has 1 saturated heterocycles. The Labute approximate surface area is 121 Å². The van der Waals surface area contributed by atoms with Crippen molar-refractivity contribution in [2.24, 2.45) is 11.7 Å². The normalized spacial score (nSPS) is 22.1. The van der Waals surface area contributed by atoms with Crippen molar-refractivity contribution >= 4 is 5.91 Å². The number of piperazine rings is 1. The number of carbonyl (C=O) groups excluding carboxylic acids is 1. The zero-order chi connectivity index (χ0) is 14.7. The van der Waals surface area contributed by atoms with Gasteiger partial charge in [0.25, 0.3) is 0 Å². The Bertz CT molecular complexity index is 446. The second-order valence-electron chi connectivity index (χ2n) is 5.99. The van der Waals surface area contributed by atoms with E-state index in [1.54, 1.807) is 0 Å². The van der Waals surface area contributed by atoms with Crippen LogP contribution >= 0.6 is 0 Å². The van der Waals surface area contributed by atoms with Crippen LogP contribution in [-0.4, -0.2) is 48.4 Å². The zero-order valence-corrected chi connectivity index (χ0v) is 12.6. The number of rotatable bonds is 3. The molecule has 1 aromatic carbocycles. The Morgan fingerprint density at radius 1 is 1.25 bits per heavy atom. The molecule has 0 bridgehead atoms. The van der Waals surface area contributed by atoms with E-state index >= 15 is 0 Å². The van der Waals surface area contributed by atoms with Crippen LogP contribution in [0.2, 0.25) is 0 Å². The third-order valence-electron chi connectivity index (χ3n) is 4.05. The van der Waals surface area contributed by atoms with Crippen molar-refractivity contribution in [3.05, 3.63) is 35.9 Å². The minimum Gasteiger partial charge on any atom is -0.332 e. The average Bonchev–Trinajstić information content (AvgIpc) is 2.46. The molecule has 0 saturated carbocycles. The van der Waals surface area contributed by atoms with E-state index in [0.29, 0.717) is 0 Å². The van der Waals surface area contributed by atoms with Crippen molar-refractivity contribution in [3.8, 4) is 0 Å². The third kappa shape index (κ3) is 3.19. The summed E-state index contributed by atoms with van der Waals surface area (Å²) in [5.41, 5.74) is 7.24. The molecule has 20 heavy (non-hydrogen) atoms. The van der Waals surface area contributed by atoms with E-state index in [1.165, 1.54) is 5.56 Å². The maximum atomic E-state index is 12.6. The molecular weight excluding hydrogens is 250 g/mol. The summed E-state index contributed by atoms with van der Waals surface area (Å²) in [5, 5.41) is 0. The quantitative estimate of drug-likeness (QED) is 0.909. The Hall–Kier alpha value is -1.39. The van der Waals surface area contributed by atoms with Crippen LogP contribution in [0.3, 0.4) is 0 Å². The van der Waals surface area contributed by atoms with Gasteiger partial charge in [-0.25, -0.2) is 0 Å². The summed E-state index contributed by atoms with van der Waals surface area (Å²) in [7, 11) is 2.10. The summed E-state index contributed by atoms with van der Waals surface area (Å²) in [4.78, 5) is 16.8. The maximum absolute atomic E-state index is 12.6. The van der Waals surface area contributed by atoms with Crippen molar-refractivity contribution < 1.29 is 4.79 Å². The standard InChI is InChI=1S/C16H25N3O/c1-12(2)15(17)16(20)19-10-9-18(3)11-14(19)13-7-5-4-6-8-13/h4-8,12,14-15H,9-11,17H2,1-3H3/t14?,15-/m0/s1. The molecule has 1 fully saturated rings. The SMILES string of the molecule is CC(C)[C@H](N)C(=O)N1CCN(C)CC1c1ccccc1. The third-order valence-corrected chi connectivity index (χ3v) is 4.05. The zero-order valence-electron chi connectivity index (χ0n) is 12.6. The van der Waals surface area contributed by atoms with Gasteiger partial charge in [-0.1, -0.05) is 44.2 Å². The number of likely N-dealkylation sites (N-methyl/N-ethyl adjacent to an activating group) is 1. The first-order valence-corrected chi connectivity index (χ1v) is 7.30. The highest BCUT2D eigenvalue weighted by atomic mass is 16.2. The summed E-state index contributed by atoms with van der Waals surface area (Å²) in [6.07, 6.45) is 0. The summed E-state index contributed by atoms with van der Waals surface area (Å²) in [6.45, 7) is 6.50. The Morgan fingerprint density at radius 2 is 1.90 bits per heavy atom. The monoisotopic (exact) mass is 275 g/mol. The Balaban J connectivity index is 2.23. The van der Waals surface area contributed by atoms with Gasteiger partial charge in [0.2, 0.25) is 5.91 Å². The van der Waals surface area contributed by atoms with Crippen molar-refractivity contribution in [1.82, 2.24) is 9.80 Å². The summed E-state index contributed by atoms with van der Waals surface area (Å²) >= 11 is 0. The minimum absolute atomic E-state index is 0.0713.